The average Bonchev–Trinajstić information content (AvgIpc) is 3.22. The number of nitrogens with one attached hydrogen (secondary N) is 1. The molecule has 0 saturated carbocycles. The molecule has 0 saturated heterocycles. The van der Waals surface area contributed by atoms with Gasteiger partial charge in [-0.15, -0.1) is 0 Å². The quantitative estimate of drug-likeness (QED) is 0.173. The molecule has 198 valence electrons. The number of hydrogen-bond acceptors (Lipinski definition) is 4. The molecule has 0 bridgehead atoms. The zero-order chi connectivity index (χ0) is 27.9. The minimum absolute atomic E-state index is 0.0355. The Labute approximate surface area is 238 Å². The molecule has 1 amide bonds. The Hall–Kier alpha value is -4.18. The second-order valence-corrected chi connectivity index (χ2v) is 9.72. The minimum atomic E-state index is -0.430. The van der Waals surface area contributed by atoms with Crippen LogP contribution in [0.4, 0.5) is 0 Å². The highest BCUT2D eigenvalue weighted by Gasteiger charge is 2.14. The summed E-state index contributed by atoms with van der Waals surface area (Å²) in [6, 6.07) is 24.4. The van der Waals surface area contributed by atoms with Gasteiger partial charge in [0.2, 0.25) is 0 Å². The van der Waals surface area contributed by atoms with Crippen molar-refractivity contribution in [1.29, 1.82) is 5.26 Å². The molecule has 1 heterocycles. The van der Waals surface area contributed by atoms with E-state index in [1.54, 1.807) is 25.3 Å². The molecule has 3 aromatic carbocycles. The summed E-state index contributed by atoms with van der Waals surface area (Å²) in [5.41, 5.74) is 5.39. The van der Waals surface area contributed by atoms with Crippen molar-refractivity contribution in [1.82, 2.24) is 9.88 Å². The zero-order valence-electron chi connectivity index (χ0n) is 21.8. The van der Waals surface area contributed by atoms with Crippen molar-refractivity contribution in [2.45, 2.75) is 27.0 Å². The summed E-state index contributed by atoms with van der Waals surface area (Å²) in [7, 11) is 1.60. The molecule has 8 heteroatoms. The van der Waals surface area contributed by atoms with E-state index in [-0.39, 0.29) is 5.57 Å². The van der Waals surface area contributed by atoms with Gasteiger partial charge in [-0.3, -0.25) is 4.79 Å². The van der Waals surface area contributed by atoms with Crippen LogP contribution in [0.5, 0.6) is 11.5 Å². The van der Waals surface area contributed by atoms with Crippen LogP contribution in [0.3, 0.4) is 0 Å². The van der Waals surface area contributed by atoms with Crippen molar-refractivity contribution in [2.75, 3.05) is 7.11 Å². The van der Waals surface area contributed by atoms with Crippen molar-refractivity contribution in [3.05, 3.63) is 116 Å². The molecule has 0 radical (unpaired) electrons. The van der Waals surface area contributed by atoms with Crippen LogP contribution in [0, 0.1) is 25.2 Å². The summed E-state index contributed by atoms with van der Waals surface area (Å²) < 4.78 is 13.1. The smallest absolute Gasteiger partial charge is 0.262 e. The van der Waals surface area contributed by atoms with E-state index in [4.69, 9.17) is 32.7 Å². The lowest BCUT2D eigenvalue weighted by Crippen LogP contribution is -2.23. The lowest BCUT2D eigenvalue weighted by molar-refractivity contribution is -0.117. The average molecular weight is 560 g/mol. The van der Waals surface area contributed by atoms with E-state index in [0.717, 1.165) is 39.5 Å². The molecule has 4 aromatic rings. The van der Waals surface area contributed by atoms with Crippen molar-refractivity contribution in [3.63, 3.8) is 0 Å². The van der Waals surface area contributed by atoms with E-state index in [1.807, 2.05) is 80.6 Å². The molecule has 0 aliphatic rings. The van der Waals surface area contributed by atoms with E-state index in [2.05, 4.69) is 9.88 Å². The Bertz CT molecular complexity index is 1550. The molecule has 1 aromatic heterocycles. The summed E-state index contributed by atoms with van der Waals surface area (Å²) in [4.78, 5) is 12.7. The Morgan fingerprint density at radius 3 is 2.33 bits per heavy atom. The van der Waals surface area contributed by atoms with Gasteiger partial charge in [0.25, 0.3) is 5.91 Å². The Kier molecular flexibility index (Phi) is 8.98. The fourth-order valence-electron chi connectivity index (χ4n) is 4.15. The monoisotopic (exact) mass is 559 g/mol. The SMILES string of the molecule is COc1ccc(CNC(=O)/C(C#N)=C\c2cc(C)n(-c3ccc(OCc4ccc(Cl)cc4Cl)cc3)c2C)cc1. The zero-order valence-corrected chi connectivity index (χ0v) is 23.3. The molecule has 0 unspecified atom stereocenters. The number of methoxy groups -OCH3 is 1. The minimum Gasteiger partial charge on any atom is -0.497 e. The summed E-state index contributed by atoms with van der Waals surface area (Å²) in [6.07, 6.45) is 1.62. The van der Waals surface area contributed by atoms with Gasteiger partial charge in [0, 0.05) is 39.2 Å². The number of aromatic nitrogens is 1. The van der Waals surface area contributed by atoms with Crippen molar-refractivity contribution in [3.8, 4) is 23.3 Å². The highest BCUT2D eigenvalue weighted by molar-refractivity contribution is 6.35. The summed E-state index contributed by atoms with van der Waals surface area (Å²) in [5.74, 6) is 1.01. The van der Waals surface area contributed by atoms with Crippen LogP contribution in [0.25, 0.3) is 11.8 Å². The summed E-state index contributed by atoms with van der Waals surface area (Å²) in [6.45, 7) is 4.56. The van der Waals surface area contributed by atoms with E-state index >= 15 is 0 Å². The third kappa shape index (κ3) is 6.83. The molecule has 0 atom stereocenters. The molecular weight excluding hydrogens is 533 g/mol. The van der Waals surface area contributed by atoms with Gasteiger partial charge in [-0.2, -0.15) is 5.26 Å². The van der Waals surface area contributed by atoms with Crippen LogP contribution in [0.1, 0.15) is 28.1 Å². The maximum absolute atomic E-state index is 12.7. The van der Waals surface area contributed by atoms with E-state index < -0.39 is 5.91 Å². The van der Waals surface area contributed by atoms with Crippen molar-refractivity contribution >= 4 is 35.2 Å². The number of carbonyl (C=O) groups excluding carboxylic acids is 1. The third-order valence-electron chi connectivity index (χ3n) is 6.25. The molecule has 6 nitrogen and oxygen atoms in total. The van der Waals surface area contributed by atoms with Crippen LogP contribution >= 0.6 is 23.2 Å². The first-order valence-electron chi connectivity index (χ1n) is 12.2. The number of aryl methyl sites for hydroxylation is 1. The summed E-state index contributed by atoms with van der Waals surface area (Å²) in [5, 5.41) is 13.6. The van der Waals surface area contributed by atoms with Gasteiger partial charge in [-0.1, -0.05) is 41.4 Å². The van der Waals surface area contributed by atoms with Gasteiger partial charge in [0.05, 0.1) is 7.11 Å². The lowest BCUT2D eigenvalue weighted by atomic mass is 10.1. The summed E-state index contributed by atoms with van der Waals surface area (Å²) >= 11 is 12.2. The molecule has 0 spiro atoms. The molecule has 0 aliphatic heterocycles. The van der Waals surface area contributed by atoms with Crippen molar-refractivity contribution < 1.29 is 14.3 Å². The van der Waals surface area contributed by atoms with Gasteiger partial charge >= 0.3 is 0 Å². The number of ether oxygens (including phenoxy) is 2. The fraction of sp³-hybridized carbons (Fsp3) is 0.161. The molecular formula is C31H27Cl2N3O3. The van der Waals surface area contributed by atoms with Gasteiger partial charge in [0.1, 0.15) is 29.7 Å². The highest BCUT2D eigenvalue weighted by atomic mass is 35.5. The maximum atomic E-state index is 12.7. The van der Waals surface area contributed by atoms with Crippen molar-refractivity contribution in [2.24, 2.45) is 0 Å². The Balaban J connectivity index is 1.45. The van der Waals surface area contributed by atoms with E-state index in [0.29, 0.717) is 28.9 Å². The van der Waals surface area contributed by atoms with Gasteiger partial charge in [-0.05, 0) is 85.6 Å². The van der Waals surface area contributed by atoms with E-state index in [1.165, 1.54) is 0 Å². The number of nitrogens with zero attached hydrogens (tertiary/aromatic N) is 2. The van der Waals surface area contributed by atoms with Crippen LogP contribution in [0.15, 0.2) is 78.4 Å². The Morgan fingerprint density at radius 1 is 1.00 bits per heavy atom. The largest absolute Gasteiger partial charge is 0.497 e. The first-order chi connectivity index (χ1) is 18.8. The molecule has 39 heavy (non-hydrogen) atoms. The Morgan fingerprint density at radius 2 is 1.69 bits per heavy atom. The van der Waals surface area contributed by atoms with Gasteiger partial charge in [0.15, 0.2) is 0 Å². The molecule has 1 N–H and O–H groups in total. The first-order valence-corrected chi connectivity index (χ1v) is 12.9. The normalized spacial score (nSPS) is 11.1. The number of nitriles is 1. The number of amides is 1. The molecule has 4 rings (SSSR count). The second kappa shape index (κ2) is 12.6. The van der Waals surface area contributed by atoms with Gasteiger partial charge < -0.3 is 19.4 Å². The van der Waals surface area contributed by atoms with Gasteiger partial charge in [-0.25, -0.2) is 0 Å². The second-order valence-electron chi connectivity index (χ2n) is 8.88. The number of benzene rings is 3. The standard InChI is InChI=1S/C31H27Cl2N3O3/c1-20-14-24(15-25(17-34)31(37)35-18-22-4-10-28(38-3)11-5-22)21(2)36(20)27-8-12-29(13-9-27)39-19-23-6-7-26(32)16-30(23)33/h4-16H,18-19H2,1-3H3,(H,35,37)/b25-15-. The van der Waals surface area contributed by atoms with Crippen LogP contribution < -0.4 is 14.8 Å². The van der Waals surface area contributed by atoms with E-state index in [9.17, 15) is 10.1 Å². The fourth-order valence-corrected chi connectivity index (χ4v) is 4.61. The van der Waals surface area contributed by atoms with Crippen LogP contribution in [0.2, 0.25) is 10.0 Å². The first kappa shape index (κ1) is 27.8. The molecule has 0 fully saturated rings. The maximum Gasteiger partial charge on any atom is 0.262 e. The number of rotatable bonds is 9. The predicted octanol–water partition coefficient (Wildman–Crippen LogP) is 7.21. The van der Waals surface area contributed by atoms with Crippen LogP contribution in [-0.4, -0.2) is 17.6 Å². The number of carbonyl (C=O) groups is 1. The topological polar surface area (TPSA) is 76.3 Å². The number of halogens is 2. The highest BCUT2D eigenvalue weighted by Crippen LogP contribution is 2.26. The lowest BCUT2D eigenvalue weighted by Gasteiger charge is -2.12. The van der Waals surface area contributed by atoms with Crippen LogP contribution in [-0.2, 0) is 17.9 Å². The predicted molar refractivity (Wildman–Crippen MR) is 154 cm³/mol. The third-order valence-corrected chi connectivity index (χ3v) is 6.84. The number of hydrogen-bond donors (Lipinski definition) is 1. The molecule has 0 aliphatic carbocycles.